The summed E-state index contributed by atoms with van der Waals surface area (Å²) >= 11 is 0. The SMILES string of the molecule is CNC(CC(N)=O)C(=O)NCC(=O)NC(C=O)CC(C)C. The summed E-state index contributed by atoms with van der Waals surface area (Å²) in [5.74, 6) is -1.32. The number of hydrogen-bond acceptors (Lipinski definition) is 5. The van der Waals surface area contributed by atoms with Crippen LogP contribution in [0.5, 0.6) is 0 Å². The Morgan fingerprint density at radius 3 is 2.29 bits per heavy atom. The van der Waals surface area contributed by atoms with Gasteiger partial charge in [0.15, 0.2) is 0 Å². The Morgan fingerprint density at radius 1 is 1.24 bits per heavy atom. The molecule has 0 aliphatic heterocycles. The largest absolute Gasteiger partial charge is 0.370 e. The van der Waals surface area contributed by atoms with Crippen LogP contribution in [0.15, 0.2) is 0 Å². The van der Waals surface area contributed by atoms with Crippen molar-refractivity contribution in [2.45, 2.75) is 38.8 Å². The Morgan fingerprint density at radius 2 is 1.86 bits per heavy atom. The fourth-order valence-corrected chi connectivity index (χ4v) is 1.73. The van der Waals surface area contributed by atoms with Gasteiger partial charge in [0.1, 0.15) is 6.29 Å². The fraction of sp³-hybridized carbons (Fsp3) is 0.692. The highest BCUT2D eigenvalue weighted by molar-refractivity contribution is 5.91. The molecule has 0 aliphatic carbocycles. The molecule has 0 fully saturated rings. The van der Waals surface area contributed by atoms with E-state index >= 15 is 0 Å². The van der Waals surface area contributed by atoms with Gasteiger partial charge in [0.2, 0.25) is 17.7 Å². The lowest BCUT2D eigenvalue weighted by Crippen LogP contribution is -2.49. The second-order valence-corrected chi connectivity index (χ2v) is 5.17. The summed E-state index contributed by atoms with van der Waals surface area (Å²) in [6.45, 7) is 3.61. The number of carbonyl (C=O) groups excluding carboxylic acids is 4. The minimum absolute atomic E-state index is 0.158. The quantitative estimate of drug-likeness (QED) is 0.357. The van der Waals surface area contributed by atoms with Crippen LogP contribution in [0.1, 0.15) is 26.7 Å². The molecule has 0 spiro atoms. The minimum atomic E-state index is -0.784. The van der Waals surface area contributed by atoms with Crippen molar-refractivity contribution in [3.05, 3.63) is 0 Å². The zero-order valence-electron chi connectivity index (χ0n) is 12.6. The molecule has 0 radical (unpaired) electrons. The summed E-state index contributed by atoms with van der Waals surface area (Å²) in [4.78, 5) is 45.0. The first-order chi connectivity index (χ1) is 9.79. The molecular formula is C13H24N4O4. The van der Waals surface area contributed by atoms with Gasteiger partial charge in [-0.05, 0) is 19.4 Å². The van der Waals surface area contributed by atoms with E-state index in [0.29, 0.717) is 12.7 Å². The van der Waals surface area contributed by atoms with E-state index in [1.54, 1.807) is 0 Å². The predicted octanol–water partition coefficient (Wildman–Crippen LogP) is -1.70. The van der Waals surface area contributed by atoms with Crippen LogP contribution in [0.4, 0.5) is 0 Å². The highest BCUT2D eigenvalue weighted by Gasteiger charge is 2.20. The first kappa shape index (κ1) is 19.0. The average Bonchev–Trinajstić information content (AvgIpc) is 2.40. The van der Waals surface area contributed by atoms with Crippen LogP contribution in [0.25, 0.3) is 0 Å². The number of rotatable bonds is 10. The van der Waals surface area contributed by atoms with Gasteiger partial charge in [-0.3, -0.25) is 14.4 Å². The third-order valence-corrected chi connectivity index (χ3v) is 2.73. The Bertz CT molecular complexity index is 384. The van der Waals surface area contributed by atoms with E-state index in [1.807, 2.05) is 13.8 Å². The molecule has 0 saturated carbocycles. The van der Waals surface area contributed by atoms with Crippen LogP contribution in [0.2, 0.25) is 0 Å². The van der Waals surface area contributed by atoms with Crippen LogP contribution >= 0.6 is 0 Å². The highest BCUT2D eigenvalue weighted by Crippen LogP contribution is 2.02. The van der Waals surface area contributed by atoms with Crippen molar-refractivity contribution in [2.75, 3.05) is 13.6 Å². The summed E-state index contributed by atoms with van der Waals surface area (Å²) < 4.78 is 0. The molecule has 0 aromatic rings. The molecule has 0 saturated heterocycles. The molecule has 0 aliphatic rings. The molecule has 0 aromatic carbocycles. The number of hydrogen-bond donors (Lipinski definition) is 4. The van der Waals surface area contributed by atoms with E-state index < -0.39 is 29.8 Å². The van der Waals surface area contributed by atoms with E-state index in [-0.39, 0.29) is 18.9 Å². The summed E-state index contributed by atoms with van der Waals surface area (Å²) in [5.41, 5.74) is 5.02. The lowest BCUT2D eigenvalue weighted by atomic mass is 10.1. The lowest BCUT2D eigenvalue weighted by molar-refractivity contribution is -0.129. The molecule has 21 heavy (non-hydrogen) atoms. The number of primary amides is 1. The monoisotopic (exact) mass is 300 g/mol. The molecule has 2 unspecified atom stereocenters. The van der Waals surface area contributed by atoms with Crippen molar-refractivity contribution in [3.8, 4) is 0 Å². The van der Waals surface area contributed by atoms with Crippen molar-refractivity contribution in [2.24, 2.45) is 11.7 Å². The van der Waals surface area contributed by atoms with Crippen molar-refractivity contribution in [3.63, 3.8) is 0 Å². The summed E-state index contributed by atoms with van der Waals surface area (Å²) in [7, 11) is 1.51. The van der Waals surface area contributed by atoms with Crippen molar-refractivity contribution in [1.29, 1.82) is 0 Å². The first-order valence-corrected chi connectivity index (χ1v) is 6.78. The number of aldehydes is 1. The second kappa shape index (κ2) is 9.87. The first-order valence-electron chi connectivity index (χ1n) is 6.78. The van der Waals surface area contributed by atoms with E-state index in [0.717, 1.165) is 0 Å². The lowest BCUT2D eigenvalue weighted by Gasteiger charge is -2.17. The molecule has 0 heterocycles. The van der Waals surface area contributed by atoms with Crippen molar-refractivity contribution < 1.29 is 19.2 Å². The third kappa shape index (κ3) is 8.74. The van der Waals surface area contributed by atoms with Crippen LogP contribution in [0.3, 0.4) is 0 Å². The molecular weight excluding hydrogens is 276 g/mol. The summed E-state index contributed by atoms with van der Waals surface area (Å²) in [5, 5.41) is 7.54. The number of carbonyl (C=O) groups is 4. The zero-order chi connectivity index (χ0) is 16.4. The minimum Gasteiger partial charge on any atom is -0.370 e. The Kier molecular flexibility index (Phi) is 8.95. The molecule has 5 N–H and O–H groups in total. The van der Waals surface area contributed by atoms with Crippen LogP contribution < -0.4 is 21.7 Å². The Hall–Kier alpha value is -1.96. The normalized spacial score (nSPS) is 13.3. The van der Waals surface area contributed by atoms with Gasteiger partial charge in [-0.2, -0.15) is 0 Å². The predicted molar refractivity (Wildman–Crippen MR) is 77.1 cm³/mol. The van der Waals surface area contributed by atoms with Gasteiger partial charge in [0.25, 0.3) is 0 Å². The van der Waals surface area contributed by atoms with Crippen molar-refractivity contribution >= 4 is 24.0 Å². The molecule has 0 rings (SSSR count). The van der Waals surface area contributed by atoms with Gasteiger partial charge in [-0.1, -0.05) is 13.8 Å². The highest BCUT2D eigenvalue weighted by atomic mass is 16.2. The molecule has 3 amide bonds. The molecule has 0 bridgehead atoms. The fourth-order valence-electron chi connectivity index (χ4n) is 1.73. The summed E-state index contributed by atoms with van der Waals surface area (Å²) in [6.07, 6.45) is 1.04. The van der Waals surface area contributed by atoms with Crippen LogP contribution in [-0.4, -0.2) is 49.7 Å². The van der Waals surface area contributed by atoms with E-state index in [9.17, 15) is 19.2 Å². The maximum absolute atomic E-state index is 11.7. The maximum atomic E-state index is 11.7. The van der Waals surface area contributed by atoms with E-state index in [2.05, 4.69) is 16.0 Å². The van der Waals surface area contributed by atoms with Gasteiger partial charge in [0.05, 0.1) is 25.0 Å². The maximum Gasteiger partial charge on any atom is 0.239 e. The molecule has 8 heteroatoms. The van der Waals surface area contributed by atoms with Gasteiger partial charge in [-0.15, -0.1) is 0 Å². The van der Waals surface area contributed by atoms with Gasteiger partial charge in [-0.25, -0.2) is 0 Å². The number of amides is 3. The molecule has 2 atom stereocenters. The van der Waals surface area contributed by atoms with E-state index in [4.69, 9.17) is 5.73 Å². The smallest absolute Gasteiger partial charge is 0.239 e. The second-order valence-electron chi connectivity index (χ2n) is 5.17. The van der Waals surface area contributed by atoms with Crippen LogP contribution in [0, 0.1) is 5.92 Å². The van der Waals surface area contributed by atoms with E-state index in [1.165, 1.54) is 7.05 Å². The van der Waals surface area contributed by atoms with Crippen molar-refractivity contribution in [1.82, 2.24) is 16.0 Å². The third-order valence-electron chi connectivity index (χ3n) is 2.73. The molecule has 8 nitrogen and oxygen atoms in total. The van der Waals surface area contributed by atoms with Gasteiger partial charge < -0.3 is 26.5 Å². The number of nitrogens with one attached hydrogen (secondary N) is 3. The number of nitrogens with two attached hydrogens (primary N) is 1. The Balaban J connectivity index is 4.24. The Labute approximate surface area is 124 Å². The topological polar surface area (TPSA) is 130 Å². The molecule has 120 valence electrons. The number of likely N-dealkylation sites (N-methyl/N-ethyl adjacent to an activating group) is 1. The molecule has 0 aromatic heterocycles. The van der Waals surface area contributed by atoms with Gasteiger partial charge >= 0.3 is 0 Å². The average molecular weight is 300 g/mol. The summed E-state index contributed by atoms with van der Waals surface area (Å²) in [6, 6.07) is -1.35. The zero-order valence-corrected chi connectivity index (χ0v) is 12.6. The van der Waals surface area contributed by atoms with Crippen LogP contribution in [-0.2, 0) is 19.2 Å². The van der Waals surface area contributed by atoms with Gasteiger partial charge in [0, 0.05) is 0 Å². The standard InChI is InChI=1S/C13H24N4O4/c1-8(2)4-9(7-18)17-12(20)6-16-13(21)10(15-3)5-11(14)19/h7-10,15H,4-6H2,1-3H3,(H2,14,19)(H,16,21)(H,17,20).